The summed E-state index contributed by atoms with van der Waals surface area (Å²) in [5, 5.41) is 11.1. The molecule has 1 aromatic carbocycles. The number of nitrogens with two attached hydrogens (primary N) is 2. The maximum Gasteiger partial charge on any atom is 0.322 e. The number of benzene rings is 1. The molecule has 1 aromatic rings. The molecule has 0 aliphatic heterocycles. The average molecular weight is 237 g/mol. The summed E-state index contributed by atoms with van der Waals surface area (Å²) < 4.78 is 0. The highest BCUT2D eigenvalue weighted by Crippen LogP contribution is 1.97. The summed E-state index contributed by atoms with van der Waals surface area (Å²) in [6, 6.07) is 6.56. The van der Waals surface area contributed by atoms with Gasteiger partial charge in [-0.2, -0.15) is 0 Å². The molecule has 0 saturated heterocycles. The molecule has 0 bridgehead atoms. The zero-order chi connectivity index (χ0) is 12.8. The number of amides is 1. The second-order valence-corrected chi connectivity index (χ2v) is 3.59. The average Bonchev–Trinajstić information content (AvgIpc) is 2.35. The Kier molecular flexibility index (Phi) is 4.62. The van der Waals surface area contributed by atoms with E-state index in [9.17, 15) is 9.59 Å². The molecular formula is C11H15N3O3. The molecule has 0 aromatic heterocycles. The quantitative estimate of drug-likeness (QED) is 0.526. The molecule has 17 heavy (non-hydrogen) atoms. The van der Waals surface area contributed by atoms with E-state index in [1.165, 1.54) is 0 Å². The van der Waals surface area contributed by atoms with Crippen molar-refractivity contribution in [3.05, 3.63) is 35.9 Å². The van der Waals surface area contributed by atoms with Crippen LogP contribution >= 0.6 is 0 Å². The van der Waals surface area contributed by atoms with Gasteiger partial charge in [-0.1, -0.05) is 30.3 Å². The Labute approximate surface area is 98.6 Å². The first kappa shape index (κ1) is 13.1. The second-order valence-electron chi connectivity index (χ2n) is 3.59. The number of nitrogens with one attached hydrogen (secondary N) is 1. The van der Waals surface area contributed by atoms with E-state index in [0.29, 0.717) is 6.54 Å². The van der Waals surface area contributed by atoms with E-state index in [4.69, 9.17) is 16.6 Å². The van der Waals surface area contributed by atoms with Gasteiger partial charge in [0.1, 0.15) is 12.1 Å². The van der Waals surface area contributed by atoms with Gasteiger partial charge in [0, 0.05) is 6.54 Å². The van der Waals surface area contributed by atoms with E-state index < -0.39 is 24.0 Å². The Bertz CT molecular complexity index is 394. The van der Waals surface area contributed by atoms with Crippen molar-refractivity contribution in [2.75, 3.05) is 0 Å². The van der Waals surface area contributed by atoms with Crippen molar-refractivity contribution >= 4 is 11.9 Å². The molecule has 2 atom stereocenters. The lowest BCUT2D eigenvalue weighted by molar-refractivity contribution is -0.141. The Morgan fingerprint density at radius 1 is 1.18 bits per heavy atom. The molecule has 6 nitrogen and oxygen atoms in total. The molecule has 1 amide bonds. The number of carbonyl (C=O) groups is 2. The summed E-state index contributed by atoms with van der Waals surface area (Å²) >= 11 is 0. The zero-order valence-corrected chi connectivity index (χ0v) is 9.17. The standard InChI is InChI=1S/C11H15N3O3/c12-8(9(13)11(16)17)10(15)14-6-7-4-2-1-3-5-7/h1-5,8-9H,6,12-13H2,(H,14,15)(H,16,17). The molecule has 6 N–H and O–H groups in total. The summed E-state index contributed by atoms with van der Waals surface area (Å²) in [6.07, 6.45) is 0. The van der Waals surface area contributed by atoms with Crippen LogP contribution in [0, 0.1) is 0 Å². The van der Waals surface area contributed by atoms with Gasteiger partial charge in [0.05, 0.1) is 0 Å². The molecule has 6 heteroatoms. The van der Waals surface area contributed by atoms with E-state index in [2.05, 4.69) is 5.32 Å². The molecule has 0 radical (unpaired) electrons. The molecule has 0 saturated carbocycles. The van der Waals surface area contributed by atoms with E-state index in [-0.39, 0.29) is 0 Å². The third-order valence-corrected chi connectivity index (χ3v) is 2.28. The fourth-order valence-corrected chi connectivity index (χ4v) is 1.22. The van der Waals surface area contributed by atoms with E-state index in [1.807, 2.05) is 30.3 Å². The summed E-state index contributed by atoms with van der Waals surface area (Å²) in [4.78, 5) is 22.0. The molecular weight excluding hydrogens is 222 g/mol. The zero-order valence-electron chi connectivity index (χ0n) is 9.17. The number of carboxylic acid groups (broad SMARTS) is 1. The third-order valence-electron chi connectivity index (χ3n) is 2.28. The Morgan fingerprint density at radius 2 is 1.76 bits per heavy atom. The monoisotopic (exact) mass is 237 g/mol. The van der Waals surface area contributed by atoms with Crippen LogP contribution in [0.25, 0.3) is 0 Å². The highest BCUT2D eigenvalue weighted by Gasteiger charge is 2.26. The van der Waals surface area contributed by atoms with Crippen molar-refractivity contribution in [2.24, 2.45) is 11.5 Å². The van der Waals surface area contributed by atoms with Gasteiger partial charge in [0.15, 0.2) is 0 Å². The minimum Gasteiger partial charge on any atom is -0.480 e. The van der Waals surface area contributed by atoms with Crippen molar-refractivity contribution in [3.8, 4) is 0 Å². The number of carbonyl (C=O) groups excluding carboxylic acids is 1. The largest absolute Gasteiger partial charge is 0.480 e. The topological polar surface area (TPSA) is 118 Å². The normalized spacial score (nSPS) is 13.8. The number of rotatable bonds is 5. The van der Waals surface area contributed by atoms with Crippen LogP contribution in [0.1, 0.15) is 5.56 Å². The van der Waals surface area contributed by atoms with Crippen LogP contribution < -0.4 is 16.8 Å². The van der Waals surface area contributed by atoms with Crippen LogP contribution in [-0.2, 0) is 16.1 Å². The van der Waals surface area contributed by atoms with Gasteiger partial charge in [-0.15, -0.1) is 0 Å². The minimum atomic E-state index is -1.40. The van der Waals surface area contributed by atoms with Crippen LogP contribution in [0.3, 0.4) is 0 Å². The third kappa shape index (κ3) is 3.86. The van der Waals surface area contributed by atoms with Crippen LogP contribution in [0.5, 0.6) is 0 Å². The first-order valence-corrected chi connectivity index (χ1v) is 5.08. The fraction of sp³-hybridized carbons (Fsp3) is 0.273. The van der Waals surface area contributed by atoms with Gasteiger partial charge in [-0.05, 0) is 5.56 Å². The lowest BCUT2D eigenvalue weighted by atomic mass is 10.1. The van der Waals surface area contributed by atoms with Gasteiger partial charge in [-0.3, -0.25) is 9.59 Å². The first-order chi connectivity index (χ1) is 8.02. The van der Waals surface area contributed by atoms with Crippen molar-refractivity contribution in [1.29, 1.82) is 0 Å². The molecule has 1 rings (SSSR count). The second kappa shape index (κ2) is 5.97. The number of hydrogen-bond donors (Lipinski definition) is 4. The van der Waals surface area contributed by atoms with Gasteiger partial charge < -0.3 is 21.9 Å². The smallest absolute Gasteiger partial charge is 0.322 e. The highest BCUT2D eigenvalue weighted by atomic mass is 16.4. The molecule has 92 valence electrons. The van der Waals surface area contributed by atoms with Crippen molar-refractivity contribution in [1.82, 2.24) is 5.32 Å². The van der Waals surface area contributed by atoms with E-state index in [1.54, 1.807) is 0 Å². The van der Waals surface area contributed by atoms with Crippen molar-refractivity contribution in [2.45, 2.75) is 18.6 Å². The Balaban J connectivity index is 2.47. The highest BCUT2D eigenvalue weighted by molar-refractivity contribution is 5.89. The summed E-state index contributed by atoms with van der Waals surface area (Å²) in [7, 11) is 0. The van der Waals surface area contributed by atoms with E-state index >= 15 is 0 Å². The summed E-state index contributed by atoms with van der Waals surface area (Å²) in [5.74, 6) is -1.88. The molecule has 0 heterocycles. The van der Waals surface area contributed by atoms with Crippen molar-refractivity contribution in [3.63, 3.8) is 0 Å². The lowest BCUT2D eigenvalue weighted by Crippen LogP contribution is -2.55. The predicted octanol–water partition coefficient (Wildman–Crippen LogP) is -0.958. The van der Waals surface area contributed by atoms with Crippen LogP contribution in [0.2, 0.25) is 0 Å². The molecule has 0 fully saturated rings. The Morgan fingerprint density at radius 3 is 2.29 bits per heavy atom. The molecule has 0 aliphatic rings. The molecule has 0 spiro atoms. The van der Waals surface area contributed by atoms with E-state index in [0.717, 1.165) is 5.56 Å². The van der Waals surface area contributed by atoms with Crippen LogP contribution in [0.15, 0.2) is 30.3 Å². The van der Waals surface area contributed by atoms with Crippen molar-refractivity contribution < 1.29 is 14.7 Å². The molecule has 0 aliphatic carbocycles. The first-order valence-electron chi connectivity index (χ1n) is 5.08. The predicted molar refractivity (Wildman–Crippen MR) is 61.9 cm³/mol. The summed E-state index contributed by atoms with van der Waals surface area (Å²) in [5.41, 5.74) is 11.6. The SMILES string of the molecule is NC(C(=O)O)C(N)C(=O)NCc1ccccc1. The Hall–Kier alpha value is -1.92. The van der Waals surface area contributed by atoms with Crippen LogP contribution in [-0.4, -0.2) is 29.1 Å². The minimum absolute atomic E-state index is 0.291. The summed E-state index contributed by atoms with van der Waals surface area (Å²) in [6.45, 7) is 0.291. The fourth-order valence-electron chi connectivity index (χ4n) is 1.22. The van der Waals surface area contributed by atoms with Gasteiger partial charge in [0.2, 0.25) is 5.91 Å². The maximum atomic E-state index is 11.5. The van der Waals surface area contributed by atoms with Gasteiger partial charge >= 0.3 is 5.97 Å². The maximum absolute atomic E-state index is 11.5. The number of hydrogen-bond acceptors (Lipinski definition) is 4. The number of aliphatic carboxylic acids is 1. The number of carboxylic acids is 1. The van der Waals surface area contributed by atoms with Gasteiger partial charge in [-0.25, -0.2) is 0 Å². The van der Waals surface area contributed by atoms with Gasteiger partial charge in [0.25, 0.3) is 0 Å². The van der Waals surface area contributed by atoms with Crippen LogP contribution in [0.4, 0.5) is 0 Å². The lowest BCUT2D eigenvalue weighted by Gasteiger charge is -2.15. The molecule has 2 unspecified atom stereocenters.